The first kappa shape index (κ1) is 29.3. The Bertz CT molecular complexity index is 1150. The van der Waals surface area contributed by atoms with Crippen LogP contribution in [0.5, 0.6) is 0 Å². The molecule has 0 aliphatic rings. The van der Waals surface area contributed by atoms with Gasteiger partial charge in [-0.05, 0) is 37.1 Å². The Morgan fingerprint density at radius 1 is 1.00 bits per heavy atom. The van der Waals surface area contributed by atoms with E-state index in [4.69, 9.17) is 10.6 Å². The van der Waals surface area contributed by atoms with Crippen LogP contribution in [0.3, 0.4) is 0 Å². The summed E-state index contributed by atoms with van der Waals surface area (Å²) in [6.07, 6.45) is 0.200. The van der Waals surface area contributed by atoms with Gasteiger partial charge in [-0.25, -0.2) is 9.59 Å². The molecule has 0 bridgehead atoms. The molecule has 0 spiro atoms. The van der Waals surface area contributed by atoms with Crippen LogP contribution in [0.15, 0.2) is 59.7 Å². The molecule has 4 amide bonds. The number of hydrogen-bond acceptors (Lipinski definition) is 8. The van der Waals surface area contributed by atoms with E-state index in [9.17, 15) is 29.1 Å². The Morgan fingerprint density at radius 2 is 1.66 bits per heavy atom. The van der Waals surface area contributed by atoms with E-state index in [1.807, 2.05) is 0 Å². The summed E-state index contributed by atoms with van der Waals surface area (Å²) in [5.74, 6) is 1.23. The average Bonchev–Trinajstić information content (AvgIpc) is 2.86. The van der Waals surface area contributed by atoms with Gasteiger partial charge in [0.15, 0.2) is 6.04 Å². The van der Waals surface area contributed by atoms with Crippen LogP contribution in [0.1, 0.15) is 37.4 Å². The first-order valence-electron chi connectivity index (χ1n) is 11.5. The summed E-state index contributed by atoms with van der Waals surface area (Å²) in [6, 6.07) is 11.3. The second-order valence-corrected chi connectivity index (χ2v) is 8.26. The maximum atomic E-state index is 12.9. The van der Waals surface area contributed by atoms with Gasteiger partial charge in [0.25, 0.3) is 0 Å². The van der Waals surface area contributed by atoms with Crippen LogP contribution < -0.4 is 27.1 Å². The normalized spacial score (nSPS) is 12.3. The van der Waals surface area contributed by atoms with Crippen LogP contribution >= 0.6 is 0 Å². The second-order valence-electron chi connectivity index (χ2n) is 8.26. The monoisotopic (exact) mass is 526 g/mol. The highest BCUT2D eigenvalue weighted by Crippen LogP contribution is 2.16. The van der Waals surface area contributed by atoms with Crippen LogP contribution in [0.4, 0.5) is 10.5 Å². The van der Waals surface area contributed by atoms with E-state index in [1.165, 1.54) is 6.21 Å². The average molecular weight is 527 g/mol. The fourth-order valence-corrected chi connectivity index (χ4v) is 3.17. The molecule has 0 fully saturated rings. The number of hydrogen-bond donors (Lipinski definition) is 6. The topological polar surface area (TPSA) is 201 Å². The predicted octanol–water partition coefficient (Wildman–Crippen LogP) is 0.869. The lowest BCUT2D eigenvalue weighted by Gasteiger charge is -2.23. The van der Waals surface area contributed by atoms with Crippen molar-refractivity contribution >= 4 is 41.7 Å². The minimum atomic E-state index is -1.53. The summed E-state index contributed by atoms with van der Waals surface area (Å²) in [5, 5.41) is 22.2. The third kappa shape index (κ3) is 9.97. The molecule has 2 rings (SSSR count). The Morgan fingerprint density at radius 3 is 2.24 bits per heavy atom. The number of rotatable bonds is 12. The van der Waals surface area contributed by atoms with E-state index in [1.54, 1.807) is 68.4 Å². The Balaban J connectivity index is 2.01. The third-order valence-corrected chi connectivity index (χ3v) is 4.84. The number of anilines is 1. The summed E-state index contributed by atoms with van der Waals surface area (Å²) in [4.78, 5) is 61.4. The van der Waals surface area contributed by atoms with Gasteiger partial charge in [-0.1, -0.05) is 42.5 Å². The summed E-state index contributed by atoms with van der Waals surface area (Å²) < 4.78 is 5.22. The molecular formula is C25H30N6O7. The summed E-state index contributed by atoms with van der Waals surface area (Å²) >= 11 is 0. The minimum Gasteiger partial charge on any atom is -0.481 e. The fourth-order valence-electron chi connectivity index (χ4n) is 3.17. The highest BCUT2D eigenvalue weighted by atomic mass is 16.5. The van der Waals surface area contributed by atoms with Gasteiger partial charge < -0.3 is 37.0 Å². The molecule has 13 heteroatoms. The lowest BCUT2D eigenvalue weighted by Crippen LogP contribution is -2.52. The molecule has 38 heavy (non-hydrogen) atoms. The van der Waals surface area contributed by atoms with Gasteiger partial charge in [0.1, 0.15) is 6.04 Å². The molecule has 0 aromatic heterocycles. The third-order valence-electron chi connectivity index (χ3n) is 4.84. The van der Waals surface area contributed by atoms with Crippen molar-refractivity contribution < 1.29 is 33.8 Å². The number of carboxylic acid groups (broad SMARTS) is 1. The van der Waals surface area contributed by atoms with Crippen molar-refractivity contribution in [3.63, 3.8) is 0 Å². The molecule has 2 aromatic carbocycles. The van der Waals surface area contributed by atoms with Crippen LogP contribution in [0.25, 0.3) is 0 Å². The lowest BCUT2D eigenvalue weighted by molar-refractivity contribution is -0.152. The van der Waals surface area contributed by atoms with Gasteiger partial charge >= 0.3 is 18.0 Å². The van der Waals surface area contributed by atoms with Crippen LogP contribution in [-0.2, 0) is 23.9 Å². The number of nitrogens with two attached hydrogens (primary N) is 1. The van der Waals surface area contributed by atoms with Crippen molar-refractivity contribution in [2.45, 2.75) is 38.5 Å². The minimum absolute atomic E-state index is 0.411. The molecule has 13 nitrogen and oxygen atoms in total. The zero-order valence-corrected chi connectivity index (χ0v) is 20.8. The van der Waals surface area contributed by atoms with Crippen molar-refractivity contribution in [3.05, 3.63) is 65.7 Å². The Labute approximate surface area is 218 Å². The second kappa shape index (κ2) is 14.6. The van der Waals surface area contributed by atoms with Crippen molar-refractivity contribution in [1.82, 2.24) is 16.0 Å². The number of carbonyl (C=O) groups excluding carboxylic acids is 4. The highest BCUT2D eigenvalue weighted by molar-refractivity contribution is 5.96. The molecule has 0 saturated heterocycles. The van der Waals surface area contributed by atoms with Gasteiger partial charge in [-0.2, -0.15) is 5.10 Å². The molecule has 2 aromatic rings. The van der Waals surface area contributed by atoms with Crippen LogP contribution in [0, 0.1) is 0 Å². The van der Waals surface area contributed by atoms with Gasteiger partial charge in [-0.15, -0.1) is 0 Å². The summed E-state index contributed by atoms with van der Waals surface area (Å²) in [5.41, 5.74) is 1.56. The highest BCUT2D eigenvalue weighted by Gasteiger charge is 2.30. The van der Waals surface area contributed by atoms with Crippen molar-refractivity contribution in [2.75, 3.05) is 11.9 Å². The molecular weight excluding hydrogens is 496 g/mol. The maximum absolute atomic E-state index is 12.9. The first-order chi connectivity index (χ1) is 18.1. The number of carbonyl (C=O) groups is 5. The number of urea groups is 1. The quantitative estimate of drug-likeness (QED) is 0.101. The van der Waals surface area contributed by atoms with E-state index in [0.29, 0.717) is 16.8 Å². The number of ether oxygens (including phenoxy) is 1. The standard InChI is InChI=1S/C25H30N6O7/c1-15(2)38-24(36)22(17-6-4-3-5-7-17)31-23(35)19(12-21(33)34)30-20(32)14-27-25(37)29-18-10-8-16(9-11-18)13-28-26/h3-11,13,15,19,22H,12,14,26H2,1-2H3,(H,30,32)(H,31,35)(H,33,34)(H2,27,29,37)/t19-,22-/m0/s1. The Kier molecular flexibility index (Phi) is 11.2. The lowest BCUT2D eigenvalue weighted by atomic mass is 10.1. The van der Waals surface area contributed by atoms with Crippen molar-refractivity contribution in [3.8, 4) is 0 Å². The maximum Gasteiger partial charge on any atom is 0.333 e. The number of aliphatic carboxylic acids is 1. The zero-order valence-electron chi connectivity index (χ0n) is 20.8. The molecule has 202 valence electrons. The van der Waals surface area contributed by atoms with Gasteiger partial charge in [0.2, 0.25) is 11.8 Å². The van der Waals surface area contributed by atoms with Crippen LogP contribution in [-0.4, -0.2) is 59.8 Å². The first-order valence-corrected chi connectivity index (χ1v) is 11.5. The van der Waals surface area contributed by atoms with Crippen molar-refractivity contribution in [2.24, 2.45) is 10.9 Å². The van der Waals surface area contributed by atoms with E-state index < -0.39 is 60.9 Å². The number of carboxylic acids is 1. The smallest absolute Gasteiger partial charge is 0.333 e. The molecule has 2 atom stereocenters. The molecule has 0 heterocycles. The van der Waals surface area contributed by atoms with Crippen molar-refractivity contribution in [1.29, 1.82) is 0 Å². The number of hydrazone groups is 1. The molecule has 0 aliphatic heterocycles. The Hall–Kier alpha value is -4.94. The number of amides is 4. The molecule has 0 saturated carbocycles. The van der Waals surface area contributed by atoms with Gasteiger partial charge in [0, 0.05) is 5.69 Å². The largest absolute Gasteiger partial charge is 0.481 e. The fraction of sp³-hybridized carbons (Fsp3) is 0.280. The summed E-state index contributed by atoms with van der Waals surface area (Å²) in [6.45, 7) is 2.74. The number of benzene rings is 2. The number of esters is 1. The zero-order chi connectivity index (χ0) is 28.1. The van der Waals surface area contributed by atoms with Gasteiger partial charge in [-0.3, -0.25) is 14.4 Å². The van der Waals surface area contributed by atoms with Gasteiger partial charge in [0.05, 0.1) is 25.3 Å². The number of nitrogens with zero attached hydrogens (tertiary/aromatic N) is 1. The molecule has 7 N–H and O–H groups in total. The van der Waals surface area contributed by atoms with Crippen LogP contribution in [0.2, 0.25) is 0 Å². The van der Waals surface area contributed by atoms with E-state index in [-0.39, 0.29) is 0 Å². The van der Waals surface area contributed by atoms with E-state index in [0.717, 1.165) is 0 Å². The molecule has 0 aliphatic carbocycles. The molecule has 0 unspecified atom stereocenters. The number of nitrogens with one attached hydrogen (secondary N) is 4. The summed E-state index contributed by atoms with van der Waals surface area (Å²) in [7, 11) is 0. The molecule has 0 radical (unpaired) electrons. The SMILES string of the molecule is CC(C)OC(=O)[C@@H](NC(=O)[C@H](CC(=O)O)NC(=O)CNC(=O)Nc1ccc(C=NN)cc1)c1ccccc1. The van der Waals surface area contributed by atoms with E-state index >= 15 is 0 Å². The predicted molar refractivity (Wildman–Crippen MR) is 138 cm³/mol. The van der Waals surface area contributed by atoms with E-state index in [2.05, 4.69) is 26.4 Å².